The lowest BCUT2D eigenvalue weighted by atomic mass is 9.95. The Kier molecular flexibility index (Phi) is 5.14. The highest BCUT2D eigenvalue weighted by Crippen LogP contribution is 2.24. The zero-order valence-corrected chi connectivity index (χ0v) is 15.6. The number of primary amides is 1. The van der Waals surface area contributed by atoms with E-state index in [4.69, 9.17) is 5.73 Å². The summed E-state index contributed by atoms with van der Waals surface area (Å²) in [5, 5.41) is 6.99. The fourth-order valence-corrected chi connectivity index (χ4v) is 3.29. The molecule has 1 aromatic carbocycles. The Bertz CT molecular complexity index is 995. The molecule has 2 aromatic heterocycles. The molecule has 1 aliphatic heterocycles. The first-order valence-electron chi connectivity index (χ1n) is 9.23. The molecule has 148 valence electrons. The van der Waals surface area contributed by atoms with Gasteiger partial charge in [-0.1, -0.05) is 0 Å². The van der Waals surface area contributed by atoms with Crippen LogP contribution in [0.1, 0.15) is 23.2 Å². The van der Waals surface area contributed by atoms with E-state index in [1.54, 1.807) is 35.3 Å². The number of hydrogen-bond donors (Lipinski definition) is 2. The minimum atomic E-state index is -0.494. The number of benzene rings is 1. The summed E-state index contributed by atoms with van der Waals surface area (Å²) >= 11 is 0. The summed E-state index contributed by atoms with van der Waals surface area (Å²) in [7, 11) is 0. The number of rotatable bonds is 5. The van der Waals surface area contributed by atoms with Crippen molar-refractivity contribution in [1.82, 2.24) is 24.7 Å². The van der Waals surface area contributed by atoms with Crippen molar-refractivity contribution in [1.29, 1.82) is 0 Å². The fraction of sp³-hybridized carbons (Fsp3) is 0.263. The highest BCUT2D eigenvalue weighted by molar-refractivity contribution is 5.95. The predicted octanol–water partition coefficient (Wildman–Crippen LogP) is 1.01. The van der Waals surface area contributed by atoms with Crippen molar-refractivity contribution in [3.8, 4) is 5.82 Å². The van der Waals surface area contributed by atoms with E-state index in [2.05, 4.69) is 30.3 Å². The molecule has 0 saturated carbocycles. The lowest BCUT2D eigenvalue weighted by Gasteiger charge is -2.32. The number of nitrogens with zero attached hydrogens (tertiary/aromatic N) is 6. The zero-order valence-electron chi connectivity index (χ0n) is 15.6. The lowest BCUT2D eigenvalue weighted by molar-refractivity contribution is -0.120. The van der Waals surface area contributed by atoms with Crippen LogP contribution in [0, 0.1) is 5.92 Å². The molecule has 0 aliphatic carbocycles. The number of amides is 2. The molecular weight excluding hydrogens is 372 g/mol. The van der Waals surface area contributed by atoms with Crippen molar-refractivity contribution in [2.75, 3.05) is 23.3 Å². The van der Waals surface area contributed by atoms with Crippen LogP contribution in [0.2, 0.25) is 0 Å². The molecule has 4 rings (SSSR count). The molecule has 10 heteroatoms. The SMILES string of the molecule is NC(=O)c1ccc(NC(=O)C2CCN(c3cc(-n4cncn4)ncn3)CC2)cc1. The summed E-state index contributed by atoms with van der Waals surface area (Å²) in [5.41, 5.74) is 6.29. The van der Waals surface area contributed by atoms with Gasteiger partial charge in [0.15, 0.2) is 5.82 Å². The fourth-order valence-electron chi connectivity index (χ4n) is 3.29. The Hall–Kier alpha value is -3.82. The molecule has 0 atom stereocenters. The second kappa shape index (κ2) is 8.05. The van der Waals surface area contributed by atoms with Crippen LogP contribution >= 0.6 is 0 Å². The third-order valence-corrected chi connectivity index (χ3v) is 4.92. The molecule has 3 heterocycles. The number of hydrogen-bond acceptors (Lipinski definition) is 7. The first kappa shape index (κ1) is 18.5. The summed E-state index contributed by atoms with van der Waals surface area (Å²) in [6.07, 6.45) is 5.97. The van der Waals surface area contributed by atoms with E-state index in [1.165, 1.54) is 12.7 Å². The first-order chi connectivity index (χ1) is 14.1. The number of nitrogens with two attached hydrogens (primary N) is 1. The monoisotopic (exact) mass is 392 g/mol. The van der Waals surface area contributed by atoms with Gasteiger partial charge in [0, 0.05) is 36.3 Å². The summed E-state index contributed by atoms with van der Waals surface area (Å²) < 4.78 is 1.58. The van der Waals surface area contributed by atoms with Crippen molar-refractivity contribution in [3.05, 3.63) is 54.9 Å². The van der Waals surface area contributed by atoms with Gasteiger partial charge in [-0.3, -0.25) is 9.59 Å². The number of nitrogens with one attached hydrogen (secondary N) is 1. The van der Waals surface area contributed by atoms with Gasteiger partial charge >= 0.3 is 0 Å². The van der Waals surface area contributed by atoms with Crippen LogP contribution in [0.25, 0.3) is 5.82 Å². The zero-order chi connectivity index (χ0) is 20.2. The van der Waals surface area contributed by atoms with Gasteiger partial charge in [-0.15, -0.1) is 0 Å². The van der Waals surface area contributed by atoms with E-state index in [0.29, 0.717) is 43.0 Å². The van der Waals surface area contributed by atoms with E-state index >= 15 is 0 Å². The molecule has 1 saturated heterocycles. The van der Waals surface area contributed by atoms with E-state index in [0.717, 1.165) is 5.82 Å². The van der Waals surface area contributed by atoms with Gasteiger partial charge in [-0.2, -0.15) is 5.10 Å². The van der Waals surface area contributed by atoms with Crippen LogP contribution in [0.3, 0.4) is 0 Å². The smallest absolute Gasteiger partial charge is 0.248 e. The molecule has 0 unspecified atom stereocenters. The van der Waals surface area contributed by atoms with Crippen molar-refractivity contribution in [3.63, 3.8) is 0 Å². The standard InChI is InChI=1S/C19H20N8O2/c20-18(28)13-1-3-15(4-2-13)25-19(29)14-5-7-26(8-6-14)16-9-17(23-11-22-16)27-12-21-10-24-27/h1-4,9-12,14H,5-8H2,(H2,20,28)(H,25,29). The van der Waals surface area contributed by atoms with Gasteiger partial charge in [0.2, 0.25) is 11.8 Å². The topological polar surface area (TPSA) is 132 Å². The van der Waals surface area contributed by atoms with E-state index < -0.39 is 5.91 Å². The Morgan fingerprint density at radius 1 is 1.03 bits per heavy atom. The summed E-state index contributed by atoms with van der Waals surface area (Å²) in [5.74, 6) is 0.839. The molecule has 29 heavy (non-hydrogen) atoms. The maximum Gasteiger partial charge on any atom is 0.248 e. The van der Waals surface area contributed by atoms with Crippen LogP contribution in [0.5, 0.6) is 0 Å². The van der Waals surface area contributed by atoms with Crippen molar-refractivity contribution < 1.29 is 9.59 Å². The van der Waals surface area contributed by atoms with Gasteiger partial charge in [0.05, 0.1) is 0 Å². The molecule has 3 aromatic rings. The predicted molar refractivity (Wildman–Crippen MR) is 105 cm³/mol. The number of carbonyl (C=O) groups excluding carboxylic acids is 2. The van der Waals surface area contributed by atoms with Gasteiger partial charge in [-0.05, 0) is 37.1 Å². The summed E-state index contributed by atoms with van der Waals surface area (Å²) in [4.78, 5) is 38.3. The highest BCUT2D eigenvalue weighted by atomic mass is 16.2. The quantitative estimate of drug-likeness (QED) is 0.662. The second-order valence-electron chi connectivity index (χ2n) is 6.77. The molecule has 0 spiro atoms. The number of piperidine rings is 1. The molecule has 2 amide bonds. The maximum atomic E-state index is 12.6. The van der Waals surface area contributed by atoms with Crippen molar-refractivity contribution >= 4 is 23.3 Å². The molecule has 1 aliphatic rings. The Balaban J connectivity index is 1.35. The average molecular weight is 392 g/mol. The minimum absolute atomic E-state index is 0.0255. The lowest BCUT2D eigenvalue weighted by Crippen LogP contribution is -2.38. The highest BCUT2D eigenvalue weighted by Gasteiger charge is 2.26. The van der Waals surface area contributed by atoms with Crippen LogP contribution < -0.4 is 16.0 Å². The normalized spacial score (nSPS) is 14.6. The van der Waals surface area contributed by atoms with Gasteiger partial charge in [0.1, 0.15) is 24.8 Å². The third-order valence-electron chi connectivity index (χ3n) is 4.92. The van der Waals surface area contributed by atoms with Crippen molar-refractivity contribution in [2.24, 2.45) is 11.7 Å². The number of aromatic nitrogens is 5. The number of anilines is 2. The number of carbonyl (C=O) groups is 2. The summed E-state index contributed by atoms with van der Waals surface area (Å²) in [6.45, 7) is 1.43. The third kappa shape index (κ3) is 4.21. The van der Waals surface area contributed by atoms with E-state index in [-0.39, 0.29) is 11.8 Å². The van der Waals surface area contributed by atoms with Gasteiger partial charge in [-0.25, -0.2) is 19.6 Å². The molecule has 0 radical (unpaired) electrons. The Labute approximate surface area is 166 Å². The molecule has 10 nitrogen and oxygen atoms in total. The van der Waals surface area contributed by atoms with Gasteiger partial charge < -0.3 is 16.0 Å². The van der Waals surface area contributed by atoms with Crippen LogP contribution in [-0.4, -0.2) is 49.6 Å². The second-order valence-corrected chi connectivity index (χ2v) is 6.77. The van der Waals surface area contributed by atoms with Crippen LogP contribution in [0.4, 0.5) is 11.5 Å². The average Bonchev–Trinajstić information content (AvgIpc) is 3.29. The van der Waals surface area contributed by atoms with Gasteiger partial charge in [0.25, 0.3) is 0 Å². The van der Waals surface area contributed by atoms with Crippen molar-refractivity contribution in [2.45, 2.75) is 12.8 Å². The summed E-state index contributed by atoms with van der Waals surface area (Å²) in [6, 6.07) is 8.42. The largest absolute Gasteiger partial charge is 0.366 e. The maximum absolute atomic E-state index is 12.6. The van der Waals surface area contributed by atoms with Crippen LogP contribution in [-0.2, 0) is 4.79 Å². The molecule has 3 N–H and O–H groups in total. The molecule has 1 fully saturated rings. The molecular formula is C19H20N8O2. The minimum Gasteiger partial charge on any atom is -0.366 e. The van der Waals surface area contributed by atoms with E-state index in [9.17, 15) is 9.59 Å². The first-order valence-corrected chi connectivity index (χ1v) is 9.23. The Morgan fingerprint density at radius 3 is 2.41 bits per heavy atom. The molecule has 0 bridgehead atoms. The van der Waals surface area contributed by atoms with Crippen LogP contribution in [0.15, 0.2) is 49.3 Å². The Morgan fingerprint density at radius 2 is 1.76 bits per heavy atom. The van der Waals surface area contributed by atoms with E-state index in [1.807, 2.05) is 6.07 Å².